The molecule has 0 unspecified atom stereocenters. The predicted octanol–water partition coefficient (Wildman–Crippen LogP) is 3.44. The van der Waals surface area contributed by atoms with Crippen LogP contribution in [0.4, 0.5) is 5.69 Å². The van der Waals surface area contributed by atoms with Crippen LogP contribution < -0.4 is 10.6 Å². The molecule has 4 nitrogen and oxygen atoms in total. The van der Waals surface area contributed by atoms with Gasteiger partial charge in [-0.1, -0.05) is 30.3 Å². The van der Waals surface area contributed by atoms with Crippen molar-refractivity contribution in [2.24, 2.45) is 5.73 Å². The third-order valence-electron chi connectivity index (χ3n) is 4.63. The fraction of sp³-hybridized carbons (Fsp3) is 0.350. The maximum atomic E-state index is 12.7. The Bertz CT molecular complexity index is 696. The highest BCUT2D eigenvalue weighted by Crippen LogP contribution is 2.25. The smallest absolute Gasteiger partial charge is 0.253 e. The lowest BCUT2D eigenvalue weighted by Crippen LogP contribution is -2.28. The van der Waals surface area contributed by atoms with Crippen molar-refractivity contribution in [3.63, 3.8) is 0 Å². The Kier molecular flexibility index (Phi) is 6.85. The van der Waals surface area contributed by atoms with Crippen molar-refractivity contribution in [2.75, 3.05) is 25.0 Å². The summed E-state index contributed by atoms with van der Waals surface area (Å²) in [5.74, 6) is 0.0368. The van der Waals surface area contributed by atoms with Crippen molar-refractivity contribution < 1.29 is 4.79 Å². The van der Waals surface area contributed by atoms with Gasteiger partial charge in [0.25, 0.3) is 5.91 Å². The van der Waals surface area contributed by atoms with Gasteiger partial charge in [-0.05, 0) is 42.2 Å². The molecule has 1 saturated heterocycles. The Labute approximate surface area is 156 Å². The number of nitrogens with zero attached hydrogens (tertiary/aromatic N) is 2. The predicted molar refractivity (Wildman–Crippen MR) is 105 cm³/mol. The number of carbonyl (C=O) groups is 1. The molecule has 0 bridgehead atoms. The summed E-state index contributed by atoms with van der Waals surface area (Å²) in [5, 5.41) is 0. The topological polar surface area (TPSA) is 49.6 Å². The Morgan fingerprint density at radius 1 is 1.08 bits per heavy atom. The minimum absolute atomic E-state index is 0. The molecule has 0 spiro atoms. The van der Waals surface area contributed by atoms with Gasteiger partial charge in [0.1, 0.15) is 0 Å². The van der Waals surface area contributed by atoms with Crippen molar-refractivity contribution in [1.29, 1.82) is 0 Å². The van der Waals surface area contributed by atoms with Crippen LogP contribution in [-0.2, 0) is 13.1 Å². The van der Waals surface area contributed by atoms with Crippen molar-refractivity contribution in [3.05, 3.63) is 65.2 Å². The maximum Gasteiger partial charge on any atom is 0.253 e. The second-order valence-corrected chi connectivity index (χ2v) is 6.39. The molecule has 1 aliphatic heterocycles. The third kappa shape index (κ3) is 4.53. The molecular weight excluding hydrogens is 334 g/mol. The van der Waals surface area contributed by atoms with E-state index in [0.717, 1.165) is 18.7 Å². The first-order valence-electron chi connectivity index (χ1n) is 8.56. The molecule has 5 heteroatoms. The van der Waals surface area contributed by atoms with Crippen LogP contribution in [0, 0.1) is 0 Å². The third-order valence-corrected chi connectivity index (χ3v) is 4.63. The SMILES string of the molecule is CN(Cc1ccccc1N1CCCC1)C(=O)c1ccc(CN)cc1.Cl. The fourth-order valence-electron chi connectivity index (χ4n) is 3.24. The number of para-hydroxylation sites is 1. The van der Waals surface area contributed by atoms with Gasteiger partial charge in [0.2, 0.25) is 0 Å². The minimum Gasteiger partial charge on any atom is -0.371 e. The van der Waals surface area contributed by atoms with E-state index < -0.39 is 0 Å². The molecule has 25 heavy (non-hydrogen) atoms. The van der Waals surface area contributed by atoms with Crippen molar-refractivity contribution >= 4 is 24.0 Å². The van der Waals surface area contributed by atoms with Crippen molar-refractivity contribution in [2.45, 2.75) is 25.9 Å². The van der Waals surface area contributed by atoms with E-state index in [2.05, 4.69) is 23.1 Å². The molecule has 0 aromatic heterocycles. The van der Waals surface area contributed by atoms with Crippen LogP contribution in [0.25, 0.3) is 0 Å². The van der Waals surface area contributed by atoms with E-state index >= 15 is 0 Å². The van der Waals surface area contributed by atoms with Gasteiger partial charge >= 0.3 is 0 Å². The monoisotopic (exact) mass is 359 g/mol. The number of hydrogen-bond acceptors (Lipinski definition) is 3. The van der Waals surface area contributed by atoms with Gasteiger partial charge in [-0.3, -0.25) is 4.79 Å². The van der Waals surface area contributed by atoms with E-state index in [0.29, 0.717) is 18.7 Å². The number of hydrogen-bond donors (Lipinski definition) is 1. The summed E-state index contributed by atoms with van der Waals surface area (Å²) in [7, 11) is 1.86. The molecule has 2 aromatic carbocycles. The molecule has 134 valence electrons. The van der Waals surface area contributed by atoms with Crippen LogP contribution in [0.1, 0.15) is 34.3 Å². The highest BCUT2D eigenvalue weighted by atomic mass is 35.5. The van der Waals surface area contributed by atoms with Crippen LogP contribution in [0.2, 0.25) is 0 Å². The average Bonchev–Trinajstić information content (AvgIpc) is 3.16. The number of amides is 1. The first-order chi connectivity index (χ1) is 11.7. The molecule has 0 saturated carbocycles. The van der Waals surface area contributed by atoms with Gasteiger partial charge in [0.15, 0.2) is 0 Å². The van der Waals surface area contributed by atoms with Gasteiger partial charge in [0.05, 0.1) is 0 Å². The van der Waals surface area contributed by atoms with Crippen LogP contribution in [0.15, 0.2) is 48.5 Å². The van der Waals surface area contributed by atoms with E-state index in [1.54, 1.807) is 4.90 Å². The molecule has 2 aromatic rings. The van der Waals surface area contributed by atoms with Crippen LogP contribution >= 0.6 is 12.4 Å². The number of rotatable bonds is 5. The Balaban J connectivity index is 0.00000225. The summed E-state index contributed by atoms with van der Waals surface area (Å²) in [6.07, 6.45) is 2.49. The summed E-state index contributed by atoms with van der Waals surface area (Å²) in [6, 6.07) is 15.9. The molecule has 2 N–H and O–H groups in total. The maximum absolute atomic E-state index is 12.7. The summed E-state index contributed by atoms with van der Waals surface area (Å²) in [4.78, 5) is 16.9. The zero-order chi connectivity index (χ0) is 16.9. The van der Waals surface area contributed by atoms with Gasteiger partial charge in [-0.15, -0.1) is 12.4 Å². The highest BCUT2D eigenvalue weighted by molar-refractivity contribution is 5.94. The number of benzene rings is 2. The van der Waals surface area contributed by atoms with Gasteiger partial charge in [0, 0.05) is 44.5 Å². The summed E-state index contributed by atoms with van der Waals surface area (Å²) in [6.45, 7) is 3.32. The van der Waals surface area contributed by atoms with Crippen LogP contribution in [0.5, 0.6) is 0 Å². The van der Waals surface area contributed by atoms with E-state index in [-0.39, 0.29) is 18.3 Å². The van der Waals surface area contributed by atoms with Crippen molar-refractivity contribution in [1.82, 2.24) is 4.90 Å². The molecule has 3 rings (SSSR count). The molecular formula is C20H26ClN3O. The molecule has 1 aliphatic rings. The molecule has 0 radical (unpaired) electrons. The quantitative estimate of drug-likeness (QED) is 0.889. The molecule has 1 heterocycles. The van der Waals surface area contributed by atoms with E-state index in [4.69, 9.17) is 5.73 Å². The van der Waals surface area contributed by atoms with E-state index in [9.17, 15) is 4.79 Å². The van der Waals surface area contributed by atoms with Crippen LogP contribution in [-0.4, -0.2) is 30.9 Å². The lowest BCUT2D eigenvalue weighted by Gasteiger charge is -2.24. The standard InChI is InChI=1S/C20H25N3O.ClH/c1-22(20(24)17-10-8-16(14-21)9-11-17)15-18-6-2-3-7-19(18)23-12-4-5-13-23;/h2-3,6-11H,4-5,12-15,21H2,1H3;1H. The van der Waals surface area contributed by atoms with Gasteiger partial charge < -0.3 is 15.5 Å². The van der Waals surface area contributed by atoms with E-state index in [1.807, 2.05) is 37.4 Å². The Hall–Kier alpha value is -2.04. The first-order valence-corrected chi connectivity index (χ1v) is 8.56. The second kappa shape index (κ2) is 8.88. The molecule has 1 amide bonds. The average molecular weight is 360 g/mol. The zero-order valence-corrected chi connectivity index (χ0v) is 15.5. The highest BCUT2D eigenvalue weighted by Gasteiger charge is 2.18. The minimum atomic E-state index is 0. The Morgan fingerprint density at radius 2 is 1.72 bits per heavy atom. The normalized spacial score (nSPS) is 13.4. The largest absolute Gasteiger partial charge is 0.371 e. The van der Waals surface area contributed by atoms with Gasteiger partial charge in [-0.25, -0.2) is 0 Å². The zero-order valence-electron chi connectivity index (χ0n) is 14.6. The summed E-state index contributed by atoms with van der Waals surface area (Å²) >= 11 is 0. The molecule has 0 atom stereocenters. The summed E-state index contributed by atoms with van der Waals surface area (Å²) in [5.41, 5.74) is 9.81. The fourth-order valence-corrected chi connectivity index (χ4v) is 3.24. The Morgan fingerprint density at radius 3 is 2.36 bits per heavy atom. The number of nitrogens with two attached hydrogens (primary N) is 1. The number of halogens is 1. The van der Waals surface area contributed by atoms with Gasteiger partial charge in [-0.2, -0.15) is 0 Å². The lowest BCUT2D eigenvalue weighted by atomic mass is 10.1. The number of anilines is 1. The molecule has 0 aliphatic carbocycles. The number of carbonyl (C=O) groups excluding carboxylic acids is 1. The lowest BCUT2D eigenvalue weighted by molar-refractivity contribution is 0.0785. The molecule has 1 fully saturated rings. The van der Waals surface area contributed by atoms with Crippen LogP contribution in [0.3, 0.4) is 0 Å². The van der Waals surface area contributed by atoms with E-state index in [1.165, 1.54) is 24.1 Å². The first kappa shape index (κ1) is 19.3. The summed E-state index contributed by atoms with van der Waals surface area (Å²) < 4.78 is 0. The second-order valence-electron chi connectivity index (χ2n) is 6.39. The van der Waals surface area contributed by atoms with Crippen molar-refractivity contribution in [3.8, 4) is 0 Å².